The second-order valence-corrected chi connectivity index (χ2v) is 6.66. The van der Waals surface area contributed by atoms with Crippen molar-refractivity contribution in [1.82, 2.24) is 5.32 Å². The van der Waals surface area contributed by atoms with Crippen molar-refractivity contribution >= 4 is 18.3 Å². The highest BCUT2D eigenvalue weighted by Crippen LogP contribution is 2.33. The number of amides is 1. The van der Waals surface area contributed by atoms with Gasteiger partial charge in [0.15, 0.2) is 0 Å². The second kappa shape index (κ2) is 7.49. The van der Waals surface area contributed by atoms with Gasteiger partial charge in [-0.15, -0.1) is 12.4 Å². The van der Waals surface area contributed by atoms with Crippen molar-refractivity contribution < 1.29 is 4.79 Å². The number of nitrogens with one attached hydrogen (secondary N) is 1. The number of nitrogens with two attached hydrogens (primary N) is 1. The van der Waals surface area contributed by atoms with Gasteiger partial charge in [0.1, 0.15) is 0 Å². The van der Waals surface area contributed by atoms with E-state index in [0.29, 0.717) is 18.5 Å². The molecule has 0 bridgehead atoms. The lowest BCUT2D eigenvalue weighted by molar-refractivity contribution is -0.127. The minimum atomic E-state index is 0. The Morgan fingerprint density at radius 1 is 1.16 bits per heavy atom. The van der Waals surface area contributed by atoms with Crippen LogP contribution < -0.4 is 11.1 Å². The molecule has 3 N–H and O–H groups in total. The Kier molecular flexibility index (Phi) is 6.61. The van der Waals surface area contributed by atoms with E-state index in [9.17, 15) is 4.79 Å². The molecule has 4 atom stereocenters. The normalized spacial score (nSPS) is 38.6. The van der Waals surface area contributed by atoms with Gasteiger partial charge in [-0.2, -0.15) is 0 Å². The van der Waals surface area contributed by atoms with Crippen molar-refractivity contribution in [2.24, 2.45) is 29.4 Å². The van der Waals surface area contributed by atoms with Gasteiger partial charge in [-0.3, -0.25) is 4.79 Å². The summed E-state index contributed by atoms with van der Waals surface area (Å²) < 4.78 is 0. The number of hydrogen-bond acceptors (Lipinski definition) is 2. The topological polar surface area (TPSA) is 55.1 Å². The minimum absolute atomic E-state index is 0. The van der Waals surface area contributed by atoms with E-state index in [1.54, 1.807) is 0 Å². The summed E-state index contributed by atoms with van der Waals surface area (Å²) in [6, 6.07) is 0.398. The third kappa shape index (κ3) is 4.35. The first-order chi connectivity index (χ1) is 8.60. The number of carbonyl (C=O) groups is 1. The van der Waals surface area contributed by atoms with Gasteiger partial charge in [0.2, 0.25) is 5.91 Å². The Morgan fingerprint density at radius 3 is 2.37 bits per heavy atom. The zero-order chi connectivity index (χ0) is 13.1. The van der Waals surface area contributed by atoms with E-state index in [0.717, 1.165) is 43.9 Å². The van der Waals surface area contributed by atoms with E-state index in [-0.39, 0.29) is 24.2 Å². The van der Waals surface area contributed by atoms with Gasteiger partial charge in [-0.1, -0.05) is 20.3 Å². The molecule has 2 rings (SSSR count). The van der Waals surface area contributed by atoms with E-state index in [1.807, 2.05) is 0 Å². The highest BCUT2D eigenvalue weighted by atomic mass is 35.5. The van der Waals surface area contributed by atoms with Gasteiger partial charge in [0, 0.05) is 12.0 Å². The van der Waals surface area contributed by atoms with E-state index < -0.39 is 0 Å². The summed E-state index contributed by atoms with van der Waals surface area (Å²) in [4.78, 5) is 12.3. The minimum Gasteiger partial charge on any atom is -0.353 e. The summed E-state index contributed by atoms with van der Waals surface area (Å²) in [5, 5.41) is 3.29. The summed E-state index contributed by atoms with van der Waals surface area (Å²) >= 11 is 0. The van der Waals surface area contributed by atoms with Crippen molar-refractivity contribution in [3.05, 3.63) is 0 Å². The largest absolute Gasteiger partial charge is 0.353 e. The Balaban J connectivity index is 0.00000180. The van der Waals surface area contributed by atoms with Gasteiger partial charge in [-0.25, -0.2) is 0 Å². The van der Waals surface area contributed by atoms with Crippen LogP contribution in [0.15, 0.2) is 0 Å². The van der Waals surface area contributed by atoms with Gasteiger partial charge in [-0.05, 0) is 56.4 Å². The van der Waals surface area contributed by atoms with Crippen LogP contribution >= 0.6 is 12.4 Å². The third-order valence-corrected chi connectivity index (χ3v) is 4.82. The SMILES string of the molecule is CC1CC(C)CC(NC(=O)[C@@H]2CCC[C@@H]2CN)C1.Cl. The lowest BCUT2D eigenvalue weighted by Crippen LogP contribution is -2.44. The molecule has 0 heterocycles. The maximum Gasteiger partial charge on any atom is 0.223 e. The fourth-order valence-electron chi connectivity index (χ4n) is 4.04. The van der Waals surface area contributed by atoms with Gasteiger partial charge in [0.25, 0.3) is 0 Å². The molecule has 0 aromatic heterocycles. The summed E-state index contributed by atoms with van der Waals surface area (Å²) in [5.41, 5.74) is 5.76. The molecule has 0 aromatic carbocycles. The zero-order valence-corrected chi connectivity index (χ0v) is 13.0. The summed E-state index contributed by atoms with van der Waals surface area (Å²) in [5.74, 6) is 2.36. The molecule has 0 radical (unpaired) electrons. The fourth-order valence-corrected chi connectivity index (χ4v) is 4.04. The predicted molar refractivity (Wildman–Crippen MR) is 81.2 cm³/mol. The average molecular weight is 289 g/mol. The van der Waals surface area contributed by atoms with Gasteiger partial charge >= 0.3 is 0 Å². The maximum absolute atomic E-state index is 12.3. The van der Waals surface area contributed by atoms with Gasteiger partial charge < -0.3 is 11.1 Å². The monoisotopic (exact) mass is 288 g/mol. The molecule has 0 aliphatic heterocycles. The summed E-state index contributed by atoms with van der Waals surface area (Å²) in [6.45, 7) is 5.26. The molecule has 3 nitrogen and oxygen atoms in total. The molecule has 2 unspecified atom stereocenters. The van der Waals surface area contributed by atoms with Crippen LogP contribution in [0.1, 0.15) is 52.4 Å². The molecule has 0 saturated heterocycles. The van der Waals surface area contributed by atoms with Crippen LogP contribution in [0.25, 0.3) is 0 Å². The first-order valence-corrected chi connectivity index (χ1v) is 7.60. The van der Waals surface area contributed by atoms with Crippen molar-refractivity contribution in [3.63, 3.8) is 0 Å². The molecule has 2 saturated carbocycles. The Bertz CT molecular complexity index is 288. The van der Waals surface area contributed by atoms with Crippen LogP contribution in [0.5, 0.6) is 0 Å². The predicted octanol–water partition coefficient (Wildman–Crippen LogP) is 2.72. The highest BCUT2D eigenvalue weighted by molar-refractivity contribution is 5.85. The van der Waals surface area contributed by atoms with E-state index in [1.165, 1.54) is 6.42 Å². The molecule has 0 spiro atoms. The fraction of sp³-hybridized carbons (Fsp3) is 0.933. The van der Waals surface area contributed by atoms with Crippen molar-refractivity contribution in [3.8, 4) is 0 Å². The third-order valence-electron chi connectivity index (χ3n) is 4.82. The first kappa shape index (κ1) is 16.8. The molecule has 2 fully saturated rings. The Morgan fingerprint density at radius 2 is 1.79 bits per heavy atom. The number of carbonyl (C=O) groups excluding carboxylic acids is 1. The van der Waals surface area contributed by atoms with E-state index in [2.05, 4.69) is 19.2 Å². The van der Waals surface area contributed by atoms with Crippen LogP contribution in [0.2, 0.25) is 0 Å². The van der Waals surface area contributed by atoms with Gasteiger partial charge in [0.05, 0.1) is 0 Å². The molecular weight excluding hydrogens is 260 g/mol. The number of halogens is 1. The van der Waals surface area contributed by atoms with Crippen LogP contribution in [0.3, 0.4) is 0 Å². The van der Waals surface area contributed by atoms with Crippen molar-refractivity contribution in [1.29, 1.82) is 0 Å². The molecular formula is C15H29ClN2O. The molecule has 2 aliphatic rings. The molecule has 19 heavy (non-hydrogen) atoms. The standard InChI is InChI=1S/C15H28N2O.ClH/c1-10-6-11(2)8-13(7-10)17-15(18)14-5-3-4-12(14)9-16;/h10-14H,3-9,16H2,1-2H3,(H,17,18);1H/t10?,11?,12-,13?,14-;/m1./s1. The molecule has 0 aromatic rings. The van der Waals surface area contributed by atoms with E-state index >= 15 is 0 Å². The van der Waals surface area contributed by atoms with Crippen molar-refractivity contribution in [2.75, 3.05) is 6.54 Å². The molecule has 112 valence electrons. The van der Waals surface area contributed by atoms with Crippen LogP contribution in [0, 0.1) is 23.7 Å². The Labute approximate surface area is 123 Å². The lowest BCUT2D eigenvalue weighted by Gasteiger charge is -2.33. The number of hydrogen-bond donors (Lipinski definition) is 2. The molecule has 1 amide bonds. The highest BCUT2D eigenvalue weighted by Gasteiger charge is 2.34. The zero-order valence-electron chi connectivity index (χ0n) is 12.2. The van der Waals surface area contributed by atoms with E-state index in [4.69, 9.17) is 5.73 Å². The molecule has 4 heteroatoms. The van der Waals surface area contributed by atoms with Crippen LogP contribution in [-0.2, 0) is 4.79 Å². The first-order valence-electron chi connectivity index (χ1n) is 7.60. The summed E-state index contributed by atoms with van der Waals surface area (Å²) in [7, 11) is 0. The summed E-state index contributed by atoms with van der Waals surface area (Å²) in [6.07, 6.45) is 6.93. The number of rotatable bonds is 3. The maximum atomic E-state index is 12.3. The van der Waals surface area contributed by atoms with Crippen molar-refractivity contribution in [2.45, 2.75) is 58.4 Å². The lowest BCUT2D eigenvalue weighted by atomic mass is 9.80. The smallest absolute Gasteiger partial charge is 0.223 e. The average Bonchev–Trinajstić information content (AvgIpc) is 2.75. The Hall–Kier alpha value is -0.280. The molecule has 2 aliphatic carbocycles. The van der Waals surface area contributed by atoms with Crippen LogP contribution in [-0.4, -0.2) is 18.5 Å². The second-order valence-electron chi connectivity index (χ2n) is 6.66. The quantitative estimate of drug-likeness (QED) is 0.839. The van der Waals surface area contributed by atoms with Crippen LogP contribution in [0.4, 0.5) is 0 Å².